The number of carbonyl (C=O) groups is 1. The molecule has 1 aromatic heterocycles. The molecule has 6 nitrogen and oxygen atoms in total. The standard InChI is InChI=1S/C29H37NO5/c1-6-33-28(29(31)34-7-2)20-22-8-12-25(13-9-22)35-19-18-30-26(21(3)4)16-17-27(30)23-10-14-24(32-5)15-11-23/h8-17,21,28H,6-7,18-20H2,1-5H3/t28-/m0/s1. The third-order valence-electron chi connectivity index (χ3n) is 5.84. The number of methoxy groups -OCH3 is 1. The van der Waals surface area contributed by atoms with Crippen LogP contribution in [-0.2, 0) is 27.2 Å². The summed E-state index contributed by atoms with van der Waals surface area (Å²) in [6.07, 6.45) is -0.120. The van der Waals surface area contributed by atoms with Gasteiger partial charge in [0, 0.05) is 24.4 Å². The van der Waals surface area contributed by atoms with E-state index in [0.29, 0.717) is 32.2 Å². The molecule has 2 aromatic carbocycles. The highest BCUT2D eigenvalue weighted by Gasteiger charge is 2.20. The molecule has 0 aliphatic heterocycles. The smallest absolute Gasteiger partial charge is 0.335 e. The number of nitrogens with zero attached hydrogens (tertiary/aromatic N) is 1. The second kappa shape index (κ2) is 13.0. The lowest BCUT2D eigenvalue weighted by Crippen LogP contribution is -2.28. The Hall–Kier alpha value is -3.25. The molecule has 0 unspecified atom stereocenters. The summed E-state index contributed by atoms with van der Waals surface area (Å²) in [6.45, 7) is 10.2. The summed E-state index contributed by atoms with van der Waals surface area (Å²) >= 11 is 0. The lowest BCUT2D eigenvalue weighted by atomic mass is 10.1. The minimum atomic E-state index is -0.591. The molecule has 0 aliphatic carbocycles. The lowest BCUT2D eigenvalue weighted by molar-refractivity contribution is -0.156. The average Bonchev–Trinajstić information content (AvgIpc) is 3.29. The van der Waals surface area contributed by atoms with Crippen molar-refractivity contribution in [1.82, 2.24) is 4.57 Å². The van der Waals surface area contributed by atoms with Crippen LogP contribution in [0.5, 0.6) is 11.5 Å². The molecular weight excluding hydrogens is 442 g/mol. The Morgan fingerprint density at radius 2 is 1.57 bits per heavy atom. The molecule has 35 heavy (non-hydrogen) atoms. The molecule has 0 saturated heterocycles. The largest absolute Gasteiger partial charge is 0.497 e. The van der Waals surface area contributed by atoms with E-state index in [-0.39, 0.29) is 5.97 Å². The lowest BCUT2D eigenvalue weighted by Gasteiger charge is -2.17. The average molecular weight is 480 g/mol. The van der Waals surface area contributed by atoms with E-state index >= 15 is 0 Å². The Labute approximate surface area is 208 Å². The molecule has 3 aromatic rings. The first-order valence-corrected chi connectivity index (χ1v) is 12.3. The van der Waals surface area contributed by atoms with Gasteiger partial charge >= 0.3 is 5.97 Å². The maximum Gasteiger partial charge on any atom is 0.335 e. The molecule has 6 heteroatoms. The quantitative estimate of drug-likeness (QED) is 0.287. The number of hydrogen-bond donors (Lipinski definition) is 0. The summed E-state index contributed by atoms with van der Waals surface area (Å²) in [6, 6.07) is 20.3. The van der Waals surface area contributed by atoms with Gasteiger partial charge in [-0.15, -0.1) is 0 Å². The molecule has 0 radical (unpaired) electrons. The zero-order valence-electron chi connectivity index (χ0n) is 21.5. The van der Waals surface area contributed by atoms with Crippen molar-refractivity contribution in [2.45, 2.75) is 52.7 Å². The topological polar surface area (TPSA) is 58.9 Å². The van der Waals surface area contributed by atoms with Crippen LogP contribution in [0.2, 0.25) is 0 Å². The number of aromatic nitrogens is 1. The van der Waals surface area contributed by atoms with Crippen molar-refractivity contribution in [3.05, 3.63) is 71.9 Å². The Morgan fingerprint density at radius 1 is 0.886 bits per heavy atom. The van der Waals surface area contributed by atoms with Crippen LogP contribution in [-0.4, -0.2) is 43.6 Å². The Bertz CT molecular complexity index is 1050. The van der Waals surface area contributed by atoms with Crippen molar-refractivity contribution >= 4 is 5.97 Å². The number of esters is 1. The molecule has 0 fully saturated rings. The molecule has 1 atom stereocenters. The molecule has 0 N–H and O–H groups in total. The summed E-state index contributed by atoms with van der Waals surface area (Å²) in [5.41, 5.74) is 4.58. The molecule has 0 spiro atoms. The Morgan fingerprint density at radius 3 is 2.17 bits per heavy atom. The third-order valence-corrected chi connectivity index (χ3v) is 5.84. The summed E-state index contributed by atoms with van der Waals surface area (Å²) in [4.78, 5) is 12.1. The minimum Gasteiger partial charge on any atom is -0.497 e. The van der Waals surface area contributed by atoms with Crippen molar-refractivity contribution in [2.75, 3.05) is 26.9 Å². The highest BCUT2D eigenvalue weighted by Crippen LogP contribution is 2.28. The van der Waals surface area contributed by atoms with Gasteiger partial charge in [0.1, 0.15) is 18.1 Å². The maximum absolute atomic E-state index is 12.1. The van der Waals surface area contributed by atoms with Crippen molar-refractivity contribution in [1.29, 1.82) is 0 Å². The predicted octanol–water partition coefficient (Wildman–Crippen LogP) is 5.88. The third kappa shape index (κ3) is 7.12. The van der Waals surface area contributed by atoms with Crippen LogP contribution in [0.1, 0.15) is 44.9 Å². The van der Waals surface area contributed by atoms with E-state index in [2.05, 4.69) is 42.7 Å². The van der Waals surface area contributed by atoms with Gasteiger partial charge in [-0.3, -0.25) is 0 Å². The molecule has 0 aliphatic rings. The monoisotopic (exact) mass is 479 g/mol. The van der Waals surface area contributed by atoms with Crippen LogP contribution in [0.4, 0.5) is 0 Å². The van der Waals surface area contributed by atoms with Crippen molar-refractivity contribution in [2.24, 2.45) is 0 Å². The van der Waals surface area contributed by atoms with E-state index in [9.17, 15) is 4.79 Å². The number of rotatable bonds is 13. The van der Waals surface area contributed by atoms with Crippen LogP contribution in [0.3, 0.4) is 0 Å². The first kappa shape index (κ1) is 26.4. The number of ether oxygens (including phenoxy) is 4. The van der Waals surface area contributed by atoms with E-state index in [4.69, 9.17) is 18.9 Å². The van der Waals surface area contributed by atoms with Crippen LogP contribution in [0, 0.1) is 0 Å². The summed E-state index contributed by atoms with van der Waals surface area (Å²) < 4.78 is 24.4. The molecule has 1 heterocycles. The Kier molecular flexibility index (Phi) is 9.79. The maximum atomic E-state index is 12.1. The van der Waals surface area contributed by atoms with E-state index in [0.717, 1.165) is 34.9 Å². The molecule has 3 rings (SSSR count). The fraction of sp³-hybridized carbons (Fsp3) is 0.414. The number of benzene rings is 2. The minimum absolute atomic E-state index is 0.324. The molecule has 0 saturated carbocycles. The molecule has 0 amide bonds. The van der Waals surface area contributed by atoms with Gasteiger partial charge in [-0.25, -0.2) is 4.79 Å². The van der Waals surface area contributed by atoms with Gasteiger partial charge in [-0.05, 0) is 79.4 Å². The SMILES string of the molecule is CCOC(=O)[C@H](Cc1ccc(OCCn2c(-c3ccc(OC)cc3)ccc2C(C)C)cc1)OCC. The van der Waals surface area contributed by atoms with Crippen molar-refractivity contribution in [3.63, 3.8) is 0 Å². The second-order valence-electron chi connectivity index (χ2n) is 8.57. The number of carbonyl (C=O) groups excluding carboxylic acids is 1. The van der Waals surface area contributed by atoms with Gasteiger partial charge in [-0.1, -0.05) is 26.0 Å². The van der Waals surface area contributed by atoms with Gasteiger partial charge in [0.15, 0.2) is 6.10 Å². The van der Waals surface area contributed by atoms with Gasteiger partial charge in [0.05, 0.1) is 20.3 Å². The van der Waals surface area contributed by atoms with E-state index in [1.54, 1.807) is 14.0 Å². The first-order chi connectivity index (χ1) is 17.0. The van der Waals surface area contributed by atoms with Gasteiger partial charge < -0.3 is 23.5 Å². The molecule has 188 valence electrons. The molecular formula is C29H37NO5. The van der Waals surface area contributed by atoms with E-state index in [1.165, 1.54) is 5.69 Å². The van der Waals surface area contributed by atoms with E-state index < -0.39 is 6.10 Å². The van der Waals surface area contributed by atoms with Gasteiger partial charge in [-0.2, -0.15) is 0 Å². The summed E-state index contributed by atoms with van der Waals surface area (Å²) in [5, 5.41) is 0. The highest BCUT2D eigenvalue weighted by atomic mass is 16.6. The van der Waals surface area contributed by atoms with Crippen LogP contribution < -0.4 is 9.47 Å². The zero-order valence-corrected chi connectivity index (χ0v) is 21.5. The van der Waals surface area contributed by atoms with Crippen molar-refractivity contribution < 1.29 is 23.7 Å². The Balaban J connectivity index is 1.64. The van der Waals surface area contributed by atoms with E-state index in [1.807, 2.05) is 43.3 Å². The van der Waals surface area contributed by atoms with Crippen LogP contribution >= 0.6 is 0 Å². The normalized spacial score (nSPS) is 11.9. The van der Waals surface area contributed by atoms with Gasteiger partial charge in [0.2, 0.25) is 0 Å². The van der Waals surface area contributed by atoms with Crippen molar-refractivity contribution in [3.8, 4) is 22.8 Å². The zero-order chi connectivity index (χ0) is 25.2. The van der Waals surface area contributed by atoms with Crippen LogP contribution in [0.15, 0.2) is 60.7 Å². The fourth-order valence-corrected chi connectivity index (χ4v) is 4.09. The van der Waals surface area contributed by atoms with Crippen LogP contribution in [0.25, 0.3) is 11.3 Å². The predicted molar refractivity (Wildman–Crippen MR) is 138 cm³/mol. The molecule has 0 bridgehead atoms. The summed E-state index contributed by atoms with van der Waals surface area (Å²) in [5.74, 6) is 1.72. The van der Waals surface area contributed by atoms with Gasteiger partial charge in [0.25, 0.3) is 0 Å². The first-order valence-electron chi connectivity index (χ1n) is 12.3. The number of hydrogen-bond acceptors (Lipinski definition) is 5. The fourth-order valence-electron chi connectivity index (χ4n) is 4.09. The summed E-state index contributed by atoms with van der Waals surface area (Å²) in [7, 11) is 1.68. The highest BCUT2D eigenvalue weighted by molar-refractivity contribution is 5.75. The second-order valence-corrected chi connectivity index (χ2v) is 8.57.